The molecule has 3 atom stereocenters. The monoisotopic (exact) mass is 543 g/mol. The molecule has 0 aromatic heterocycles. The van der Waals surface area contributed by atoms with Gasteiger partial charge in [0.15, 0.2) is 11.5 Å². The molecule has 2 bridgehead atoms. The molecule has 210 valence electrons. The first-order valence-electron chi connectivity index (χ1n) is 14.1. The lowest BCUT2D eigenvalue weighted by Crippen LogP contribution is -2.52. The molecule has 2 fully saturated rings. The van der Waals surface area contributed by atoms with E-state index < -0.39 is 0 Å². The van der Waals surface area contributed by atoms with Gasteiger partial charge in [0, 0.05) is 38.8 Å². The maximum atomic E-state index is 13.3. The second-order valence-electron chi connectivity index (χ2n) is 11.0. The standard InChI is InChI=1S/C33H38FN3O3/c1-38-32-14-13-30(17-33(32)39-2)40-31(28-9-5-24(18-35)6-10-28)4-3-15-36-20-26-16-27(21-36)23-37(22-26)19-25-7-11-29(34)12-8-25/h5-14,17,26-27,31H,3-4,15-16,19-23H2,1-2H3. The SMILES string of the molecule is COc1ccc(OC(CCCN2CC3CC(C2)CN(Cc2ccc(F)cc2)C3)c2ccc(C#N)cc2)cc1OC. The van der Waals surface area contributed by atoms with Crippen molar-refractivity contribution in [3.63, 3.8) is 0 Å². The molecule has 7 heteroatoms. The first kappa shape index (κ1) is 27.9. The van der Waals surface area contributed by atoms with E-state index in [1.165, 1.54) is 12.0 Å². The van der Waals surface area contributed by atoms with Gasteiger partial charge in [0.1, 0.15) is 17.7 Å². The van der Waals surface area contributed by atoms with Gasteiger partial charge >= 0.3 is 0 Å². The molecule has 0 aliphatic carbocycles. The van der Waals surface area contributed by atoms with Crippen LogP contribution in [0.3, 0.4) is 0 Å². The third-order valence-electron chi connectivity index (χ3n) is 8.04. The summed E-state index contributed by atoms with van der Waals surface area (Å²) in [6.07, 6.45) is 3.04. The van der Waals surface area contributed by atoms with Crippen LogP contribution in [0.25, 0.3) is 0 Å². The molecule has 0 spiro atoms. The minimum Gasteiger partial charge on any atom is -0.493 e. The van der Waals surface area contributed by atoms with Crippen molar-refractivity contribution in [2.45, 2.75) is 31.9 Å². The lowest BCUT2D eigenvalue weighted by molar-refractivity contribution is 0.0258. The minimum atomic E-state index is -0.176. The largest absolute Gasteiger partial charge is 0.493 e. The molecule has 5 rings (SSSR count). The van der Waals surface area contributed by atoms with Crippen LogP contribution in [0.5, 0.6) is 17.2 Å². The average molecular weight is 544 g/mol. The first-order chi connectivity index (χ1) is 19.5. The molecule has 2 heterocycles. The zero-order chi connectivity index (χ0) is 27.9. The van der Waals surface area contributed by atoms with Gasteiger partial charge in [-0.3, -0.25) is 4.90 Å². The molecule has 0 radical (unpaired) electrons. The highest BCUT2D eigenvalue weighted by Gasteiger charge is 2.34. The summed E-state index contributed by atoms with van der Waals surface area (Å²) < 4.78 is 30.6. The molecule has 0 N–H and O–H groups in total. The maximum Gasteiger partial charge on any atom is 0.164 e. The highest BCUT2D eigenvalue weighted by molar-refractivity contribution is 5.45. The lowest BCUT2D eigenvalue weighted by Gasteiger charge is -2.46. The van der Waals surface area contributed by atoms with E-state index in [0.717, 1.165) is 63.4 Å². The molecular weight excluding hydrogens is 505 g/mol. The van der Waals surface area contributed by atoms with E-state index in [1.807, 2.05) is 54.6 Å². The Kier molecular flexibility index (Phi) is 9.20. The highest BCUT2D eigenvalue weighted by atomic mass is 19.1. The van der Waals surface area contributed by atoms with Crippen molar-refractivity contribution in [3.8, 4) is 23.3 Å². The number of nitrogens with zero attached hydrogens (tertiary/aromatic N) is 3. The third-order valence-corrected chi connectivity index (χ3v) is 8.04. The molecule has 40 heavy (non-hydrogen) atoms. The summed E-state index contributed by atoms with van der Waals surface area (Å²) in [4.78, 5) is 5.17. The van der Waals surface area contributed by atoms with Gasteiger partial charge in [-0.2, -0.15) is 5.26 Å². The maximum absolute atomic E-state index is 13.3. The van der Waals surface area contributed by atoms with Crippen molar-refractivity contribution in [1.82, 2.24) is 9.80 Å². The fourth-order valence-electron chi connectivity index (χ4n) is 6.27. The summed E-state index contributed by atoms with van der Waals surface area (Å²) in [6.45, 7) is 6.37. The molecule has 6 nitrogen and oxygen atoms in total. The first-order valence-corrected chi connectivity index (χ1v) is 14.1. The predicted octanol–water partition coefficient (Wildman–Crippen LogP) is 6.07. The number of hydrogen-bond acceptors (Lipinski definition) is 6. The van der Waals surface area contributed by atoms with Gasteiger partial charge in [0.2, 0.25) is 0 Å². The minimum absolute atomic E-state index is 0.138. The molecule has 3 aromatic rings. The van der Waals surface area contributed by atoms with E-state index in [9.17, 15) is 9.65 Å². The Morgan fingerprint density at radius 3 is 2.20 bits per heavy atom. The number of halogens is 1. The number of likely N-dealkylation sites (tertiary alicyclic amines) is 2. The normalized spacial score (nSPS) is 19.9. The van der Waals surface area contributed by atoms with Crippen LogP contribution in [0, 0.1) is 29.0 Å². The zero-order valence-corrected chi connectivity index (χ0v) is 23.4. The quantitative estimate of drug-likeness (QED) is 0.293. The Hall–Kier alpha value is -3.60. The summed E-state index contributed by atoms with van der Waals surface area (Å²) in [5, 5.41) is 9.23. The number of nitriles is 1. The number of methoxy groups -OCH3 is 2. The van der Waals surface area contributed by atoms with Gasteiger partial charge < -0.3 is 19.1 Å². The molecule has 2 saturated heterocycles. The predicted molar refractivity (Wildman–Crippen MR) is 153 cm³/mol. The fraction of sp³-hybridized carbons (Fsp3) is 0.424. The van der Waals surface area contributed by atoms with Gasteiger partial charge in [0.05, 0.1) is 25.9 Å². The highest BCUT2D eigenvalue weighted by Crippen LogP contribution is 2.35. The van der Waals surface area contributed by atoms with Gasteiger partial charge in [-0.05, 0) is 85.2 Å². The van der Waals surface area contributed by atoms with Crippen molar-refractivity contribution < 1.29 is 18.6 Å². The van der Waals surface area contributed by atoms with Gasteiger partial charge in [-0.1, -0.05) is 24.3 Å². The van der Waals surface area contributed by atoms with Crippen LogP contribution in [0.15, 0.2) is 66.7 Å². The fourth-order valence-corrected chi connectivity index (χ4v) is 6.27. The summed E-state index contributed by atoms with van der Waals surface area (Å²) in [5.41, 5.74) is 2.88. The second kappa shape index (κ2) is 13.2. The number of hydrogen-bond donors (Lipinski definition) is 0. The second-order valence-corrected chi connectivity index (χ2v) is 11.0. The summed E-state index contributed by atoms with van der Waals surface area (Å²) in [5.74, 6) is 3.19. The van der Waals surface area contributed by atoms with Crippen molar-refractivity contribution in [2.24, 2.45) is 11.8 Å². The topological polar surface area (TPSA) is 58.0 Å². The molecule has 0 saturated carbocycles. The van der Waals surface area contributed by atoms with Crippen LogP contribution in [0.4, 0.5) is 4.39 Å². The van der Waals surface area contributed by atoms with E-state index in [2.05, 4.69) is 15.9 Å². The Balaban J connectivity index is 1.18. The number of benzene rings is 3. The van der Waals surface area contributed by atoms with E-state index in [1.54, 1.807) is 26.4 Å². The Bertz CT molecular complexity index is 1280. The summed E-state index contributed by atoms with van der Waals surface area (Å²) in [7, 11) is 3.24. The van der Waals surface area contributed by atoms with Crippen LogP contribution < -0.4 is 14.2 Å². The van der Waals surface area contributed by atoms with Crippen molar-refractivity contribution in [1.29, 1.82) is 5.26 Å². The van der Waals surface area contributed by atoms with Crippen LogP contribution >= 0.6 is 0 Å². The van der Waals surface area contributed by atoms with Crippen molar-refractivity contribution in [3.05, 3.63) is 89.2 Å². The Morgan fingerprint density at radius 1 is 0.875 bits per heavy atom. The number of rotatable bonds is 11. The number of fused-ring (bicyclic) bond motifs is 2. The van der Waals surface area contributed by atoms with Gasteiger partial charge in [0.25, 0.3) is 0 Å². The van der Waals surface area contributed by atoms with Crippen molar-refractivity contribution in [2.75, 3.05) is 46.9 Å². The van der Waals surface area contributed by atoms with Crippen molar-refractivity contribution >= 4 is 0 Å². The third kappa shape index (κ3) is 7.12. The van der Waals surface area contributed by atoms with Crippen LogP contribution in [0.2, 0.25) is 0 Å². The van der Waals surface area contributed by atoms with E-state index in [-0.39, 0.29) is 11.9 Å². The number of piperidine rings is 2. The Labute approximate surface area is 236 Å². The van der Waals surface area contributed by atoms with E-state index in [4.69, 9.17) is 14.2 Å². The number of ether oxygens (including phenoxy) is 3. The smallest absolute Gasteiger partial charge is 0.164 e. The molecule has 0 amide bonds. The van der Waals surface area contributed by atoms with E-state index in [0.29, 0.717) is 28.9 Å². The summed E-state index contributed by atoms with van der Waals surface area (Å²) in [6, 6.07) is 22.4. The van der Waals surface area contributed by atoms with Crippen LogP contribution in [-0.4, -0.2) is 56.7 Å². The molecule has 2 aliphatic rings. The molecule has 3 aromatic carbocycles. The van der Waals surface area contributed by atoms with Gasteiger partial charge in [-0.15, -0.1) is 0 Å². The average Bonchev–Trinajstić information content (AvgIpc) is 2.97. The van der Waals surface area contributed by atoms with Crippen LogP contribution in [0.1, 0.15) is 42.1 Å². The Morgan fingerprint density at radius 2 is 1.55 bits per heavy atom. The molecular formula is C33H38FN3O3. The van der Waals surface area contributed by atoms with E-state index >= 15 is 0 Å². The van der Waals surface area contributed by atoms with Gasteiger partial charge in [-0.25, -0.2) is 4.39 Å². The van der Waals surface area contributed by atoms with Crippen LogP contribution in [-0.2, 0) is 6.54 Å². The molecule has 3 unspecified atom stereocenters. The summed E-state index contributed by atoms with van der Waals surface area (Å²) >= 11 is 0. The zero-order valence-electron chi connectivity index (χ0n) is 23.4. The lowest BCUT2D eigenvalue weighted by atomic mass is 9.84. The molecule has 2 aliphatic heterocycles.